The Morgan fingerprint density at radius 1 is 0.786 bits per heavy atom. The zero-order valence-electron chi connectivity index (χ0n) is 17.5. The molecule has 0 fully saturated rings. The molecule has 7 heteroatoms. The Kier molecular flexibility index (Phi) is 26.2. The van der Waals surface area contributed by atoms with E-state index in [2.05, 4.69) is 23.3 Å². The number of rotatable bonds is 21. The predicted octanol–water partition coefficient (Wildman–Crippen LogP) is 4.65. The van der Waals surface area contributed by atoms with Crippen LogP contribution < -0.4 is 5.73 Å². The molecule has 0 saturated carbocycles. The average Bonchev–Trinajstić information content (AvgIpc) is 2.63. The SMILES string of the molecule is CCCCCCCC/C=C\CCCCCCCCOCOS(=O)(=O)CCN.[NaH]. The van der Waals surface area contributed by atoms with Crippen LogP contribution in [0.15, 0.2) is 12.2 Å². The van der Waals surface area contributed by atoms with Crippen molar-refractivity contribution in [1.29, 1.82) is 0 Å². The van der Waals surface area contributed by atoms with Crippen molar-refractivity contribution in [2.75, 3.05) is 25.7 Å². The van der Waals surface area contributed by atoms with Crippen molar-refractivity contribution in [3.63, 3.8) is 0 Å². The molecule has 2 N–H and O–H groups in total. The van der Waals surface area contributed by atoms with Gasteiger partial charge >= 0.3 is 29.6 Å². The summed E-state index contributed by atoms with van der Waals surface area (Å²) >= 11 is 0. The zero-order valence-corrected chi connectivity index (χ0v) is 18.3. The summed E-state index contributed by atoms with van der Waals surface area (Å²) in [7, 11) is -3.51. The molecule has 0 radical (unpaired) electrons. The Morgan fingerprint density at radius 3 is 1.82 bits per heavy atom. The molecule has 28 heavy (non-hydrogen) atoms. The molecule has 0 aliphatic rings. The third kappa shape index (κ3) is 24.6. The molecule has 164 valence electrons. The molecule has 0 spiro atoms. The van der Waals surface area contributed by atoms with Crippen molar-refractivity contribution >= 4 is 39.7 Å². The molecule has 0 aromatic rings. The molecule has 0 aliphatic heterocycles. The molecule has 0 bridgehead atoms. The first-order valence-electron chi connectivity index (χ1n) is 10.9. The van der Waals surface area contributed by atoms with Gasteiger partial charge in [-0.25, -0.2) is 4.18 Å². The van der Waals surface area contributed by atoms with E-state index in [1.807, 2.05) is 0 Å². The first kappa shape index (κ1) is 30.8. The number of allylic oxidation sites excluding steroid dienone is 2. The predicted molar refractivity (Wildman–Crippen MR) is 121 cm³/mol. The van der Waals surface area contributed by atoms with E-state index in [4.69, 9.17) is 10.5 Å². The van der Waals surface area contributed by atoms with Crippen molar-refractivity contribution in [1.82, 2.24) is 0 Å². The van der Waals surface area contributed by atoms with Crippen LogP contribution in [0.5, 0.6) is 0 Å². The van der Waals surface area contributed by atoms with Crippen LogP contribution >= 0.6 is 0 Å². The van der Waals surface area contributed by atoms with Gasteiger partial charge in [-0.1, -0.05) is 76.9 Å². The minimum absolute atomic E-state index is 0. The Hall–Kier alpha value is 0.570. The molecule has 0 unspecified atom stereocenters. The van der Waals surface area contributed by atoms with Gasteiger partial charge in [0.1, 0.15) is 0 Å². The Balaban J connectivity index is 0. The molecule has 5 nitrogen and oxygen atoms in total. The van der Waals surface area contributed by atoms with Crippen molar-refractivity contribution in [2.24, 2.45) is 5.73 Å². The van der Waals surface area contributed by atoms with Gasteiger partial charge in [0.25, 0.3) is 10.1 Å². The summed E-state index contributed by atoms with van der Waals surface area (Å²) in [5.74, 6) is -0.162. The van der Waals surface area contributed by atoms with Crippen molar-refractivity contribution in [2.45, 2.75) is 96.8 Å². The summed E-state index contributed by atoms with van der Waals surface area (Å²) in [4.78, 5) is 0. The molecule has 0 atom stereocenters. The van der Waals surface area contributed by atoms with Gasteiger partial charge in [0, 0.05) is 13.2 Å². The number of unbranched alkanes of at least 4 members (excludes halogenated alkanes) is 12. The van der Waals surface area contributed by atoms with Crippen LogP contribution in [0.4, 0.5) is 0 Å². The van der Waals surface area contributed by atoms with E-state index in [0.29, 0.717) is 6.61 Å². The molecular weight excluding hydrogens is 385 g/mol. The monoisotopic (exact) mass is 429 g/mol. The molecule has 0 amide bonds. The van der Waals surface area contributed by atoms with E-state index in [1.165, 1.54) is 77.0 Å². The summed E-state index contributed by atoms with van der Waals surface area (Å²) in [6, 6.07) is 0. The molecule has 0 heterocycles. The van der Waals surface area contributed by atoms with E-state index in [0.717, 1.165) is 12.8 Å². The van der Waals surface area contributed by atoms with Crippen LogP contribution in [0.1, 0.15) is 96.8 Å². The first-order valence-corrected chi connectivity index (χ1v) is 12.5. The second-order valence-corrected chi connectivity index (χ2v) is 8.89. The number of nitrogens with two attached hydrogens (primary N) is 1. The molecule has 0 aliphatic carbocycles. The number of hydrogen-bond acceptors (Lipinski definition) is 5. The Morgan fingerprint density at radius 2 is 1.29 bits per heavy atom. The van der Waals surface area contributed by atoms with Gasteiger partial charge in [-0.3, -0.25) is 0 Å². The van der Waals surface area contributed by atoms with Gasteiger partial charge in [0.15, 0.2) is 6.79 Å². The number of hydrogen-bond donors (Lipinski definition) is 1. The fraction of sp³-hybridized carbons (Fsp3) is 0.905. The van der Waals surface area contributed by atoms with Gasteiger partial charge in [-0.05, 0) is 32.1 Å². The summed E-state index contributed by atoms with van der Waals surface area (Å²) in [6.07, 6.45) is 22.4. The summed E-state index contributed by atoms with van der Waals surface area (Å²) < 4.78 is 32.3. The van der Waals surface area contributed by atoms with E-state index < -0.39 is 10.1 Å². The van der Waals surface area contributed by atoms with Gasteiger partial charge < -0.3 is 10.5 Å². The van der Waals surface area contributed by atoms with E-state index >= 15 is 0 Å². The van der Waals surface area contributed by atoms with Gasteiger partial charge in [-0.15, -0.1) is 0 Å². The second kappa shape index (κ2) is 23.8. The van der Waals surface area contributed by atoms with E-state index in [1.54, 1.807) is 0 Å². The average molecular weight is 430 g/mol. The maximum absolute atomic E-state index is 11.2. The Bertz CT molecular complexity index is 430. The molecule has 0 rings (SSSR count). The fourth-order valence-corrected chi connectivity index (χ4v) is 3.44. The normalized spacial score (nSPS) is 11.8. The van der Waals surface area contributed by atoms with Gasteiger partial charge in [0.2, 0.25) is 0 Å². The van der Waals surface area contributed by atoms with Crippen LogP contribution in [0.2, 0.25) is 0 Å². The van der Waals surface area contributed by atoms with Crippen LogP contribution in [-0.4, -0.2) is 63.7 Å². The van der Waals surface area contributed by atoms with Crippen molar-refractivity contribution in [3.8, 4) is 0 Å². The van der Waals surface area contributed by atoms with Crippen molar-refractivity contribution < 1.29 is 17.3 Å². The Labute approximate surface area is 196 Å². The molecule has 0 saturated heterocycles. The van der Waals surface area contributed by atoms with E-state index in [9.17, 15) is 8.42 Å². The third-order valence-electron chi connectivity index (χ3n) is 4.48. The summed E-state index contributed by atoms with van der Waals surface area (Å²) in [6.45, 7) is 2.67. The molecule has 0 aromatic heterocycles. The van der Waals surface area contributed by atoms with Gasteiger partial charge in [-0.2, -0.15) is 8.42 Å². The third-order valence-corrected chi connectivity index (χ3v) is 5.67. The number of ether oxygens (including phenoxy) is 1. The maximum atomic E-state index is 11.2. The fourth-order valence-electron chi connectivity index (χ4n) is 2.82. The van der Waals surface area contributed by atoms with Crippen LogP contribution in [0.3, 0.4) is 0 Å². The quantitative estimate of drug-likeness (QED) is 0.0944. The molecule has 0 aromatic carbocycles. The van der Waals surface area contributed by atoms with Gasteiger partial charge in [0.05, 0.1) is 5.75 Å². The van der Waals surface area contributed by atoms with Crippen LogP contribution in [-0.2, 0) is 19.0 Å². The first-order chi connectivity index (χ1) is 13.1. The second-order valence-electron chi connectivity index (χ2n) is 7.13. The van der Waals surface area contributed by atoms with Crippen LogP contribution in [0.25, 0.3) is 0 Å². The molecular formula is C21H44NNaO4S. The van der Waals surface area contributed by atoms with Crippen molar-refractivity contribution in [3.05, 3.63) is 12.2 Å². The topological polar surface area (TPSA) is 78.6 Å². The van der Waals surface area contributed by atoms with Crippen LogP contribution in [0, 0.1) is 0 Å². The zero-order chi connectivity index (χ0) is 20.1. The standard InChI is InChI=1S/C21H43NO4S.Na.H/c1-2-3-4-5-6-7-8-9-10-11-12-13-14-15-16-17-19-25-21-26-27(23,24)20-18-22;;/h9-10H,2-8,11-22H2,1H3;;/b10-9-;;. The minimum atomic E-state index is -3.51. The summed E-state index contributed by atoms with van der Waals surface area (Å²) in [5, 5.41) is 0. The summed E-state index contributed by atoms with van der Waals surface area (Å²) in [5.41, 5.74) is 5.19. The van der Waals surface area contributed by atoms with E-state index in [-0.39, 0.29) is 48.6 Å².